The highest BCUT2D eigenvalue weighted by atomic mass is 16.5. The van der Waals surface area contributed by atoms with E-state index in [4.69, 9.17) is 9.84 Å². The van der Waals surface area contributed by atoms with Crippen molar-refractivity contribution in [3.8, 4) is 11.5 Å². The lowest BCUT2D eigenvalue weighted by molar-refractivity contribution is -0.135. The summed E-state index contributed by atoms with van der Waals surface area (Å²) in [4.78, 5) is 34.7. The lowest BCUT2D eigenvalue weighted by atomic mass is 10.1. The first-order valence-corrected chi connectivity index (χ1v) is 6.27. The van der Waals surface area contributed by atoms with Gasteiger partial charge in [-0.1, -0.05) is 6.07 Å². The van der Waals surface area contributed by atoms with Crippen molar-refractivity contribution in [2.75, 3.05) is 13.7 Å². The Morgan fingerprint density at radius 1 is 1.36 bits per heavy atom. The molecule has 0 aliphatic heterocycles. The minimum Gasteiger partial charge on any atom is -0.506 e. The van der Waals surface area contributed by atoms with Crippen molar-refractivity contribution in [3.05, 3.63) is 34.1 Å². The number of para-hydroxylation sites is 1. The summed E-state index contributed by atoms with van der Waals surface area (Å²) in [5, 5.41) is 21.1. The maximum Gasteiger partial charge on any atom is 0.322 e. The number of nitrogens with zero attached hydrogens (tertiary/aromatic N) is 1. The SMILES string of the molecule is COc1cccc2c(O)c(C(=O)NCC(=O)O)c(=O)n(C)c12. The molecule has 0 atom stereocenters. The fourth-order valence-corrected chi connectivity index (χ4v) is 2.18. The summed E-state index contributed by atoms with van der Waals surface area (Å²) >= 11 is 0. The quantitative estimate of drug-likeness (QED) is 0.735. The number of aliphatic carboxylic acids is 1. The minimum atomic E-state index is -1.26. The Kier molecular flexibility index (Phi) is 4.02. The molecule has 3 N–H and O–H groups in total. The van der Waals surface area contributed by atoms with E-state index in [9.17, 15) is 19.5 Å². The van der Waals surface area contributed by atoms with Crippen LogP contribution in [0, 0.1) is 0 Å². The van der Waals surface area contributed by atoms with Crippen LogP contribution in [0.3, 0.4) is 0 Å². The summed E-state index contributed by atoms with van der Waals surface area (Å²) in [6.45, 7) is -0.655. The van der Waals surface area contributed by atoms with Crippen LogP contribution in [0.4, 0.5) is 0 Å². The Hall–Kier alpha value is -3.03. The van der Waals surface area contributed by atoms with E-state index in [1.807, 2.05) is 0 Å². The smallest absolute Gasteiger partial charge is 0.322 e. The van der Waals surface area contributed by atoms with Crippen molar-refractivity contribution < 1.29 is 24.5 Å². The molecule has 8 nitrogen and oxygen atoms in total. The Bertz CT molecular complexity index is 824. The first-order chi connectivity index (χ1) is 10.4. The predicted octanol–water partition coefficient (Wildman–Crippen LogP) is 0.0671. The number of benzene rings is 1. The van der Waals surface area contributed by atoms with Crippen molar-refractivity contribution in [1.82, 2.24) is 9.88 Å². The van der Waals surface area contributed by atoms with Gasteiger partial charge in [-0.2, -0.15) is 0 Å². The fourth-order valence-electron chi connectivity index (χ4n) is 2.18. The third kappa shape index (κ3) is 2.46. The van der Waals surface area contributed by atoms with Crippen molar-refractivity contribution >= 4 is 22.8 Å². The van der Waals surface area contributed by atoms with Crippen LogP contribution in [0.15, 0.2) is 23.0 Å². The highest BCUT2D eigenvalue weighted by molar-refractivity contribution is 6.04. The number of rotatable bonds is 4. The van der Waals surface area contributed by atoms with E-state index in [1.54, 1.807) is 12.1 Å². The highest BCUT2D eigenvalue weighted by Gasteiger charge is 2.22. The molecule has 22 heavy (non-hydrogen) atoms. The molecule has 1 aromatic heterocycles. The van der Waals surface area contributed by atoms with E-state index in [2.05, 4.69) is 5.32 Å². The Morgan fingerprint density at radius 2 is 2.05 bits per heavy atom. The second-order valence-electron chi connectivity index (χ2n) is 4.52. The molecule has 2 rings (SSSR count). The molecule has 0 aliphatic carbocycles. The number of aromatic hydroxyl groups is 1. The van der Waals surface area contributed by atoms with Gasteiger partial charge >= 0.3 is 5.97 Å². The second kappa shape index (κ2) is 5.76. The van der Waals surface area contributed by atoms with Crippen molar-refractivity contribution in [3.63, 3.8) is 0 Å². The van der Waals surface area contributed by atoms with Gasteiger partial charge in [0.15, 0.2) is 0 Å². The van der Waals surface area contributed by atoms with Crippen LogP contribution < -0.4 is 15.6 Å². The van der Waals surface area contributed by atoms with Gasteiger partial charge in [0, 0.05) is 12.4 Å². The Balaban J connectivity index is 2.70. The number of amides is 1. The summed E-state index contributed by atoms with van der Waals surface area (Å²) in [6, 6.07) is 4.75. The molecule has 0 saturated carbocycles. The van der Waals surface area contributed by atoms with Gasteiger partial charge in [-0.3, -0.25) is 14.4 Å². The normalized spacial score (nSPS) is 10.5. The summed E-state index contributed by atoms with van der Waals surface area (Å²) in [6.07, 6.45) is 0. The van der Waals surface area contributed by atoms with Crippen LogP contribution >= 0.6 is 0 Å². The number of hydrogen-bond donors (Lipinski definition) is 3. The number of carboxylic acid groups (broad SMARTS) is 1. The number of carbonyl (C=O) groups excluding carboxylic acids is 1. The molecule has 2 aromatic rings. The predicted molar refractivity (Wildman–Crippen MR) is 77.4 cm³/mol. The zero-order chi connectivity index (χ0) is 16.4. The Labute approximate surface area is 124 Å². The standard InChI is InChI=1S/C14H14N2O6/c1-16-11-7(4-3-5-8(11)22-2)12(19)10(14(16)21)13(20)15-6-9(17)18/h3-5,19H,6H2,1-2H3,(H,15,20)(H,17,18). The first-order valence-electron chi connectivity index (χ1n) is 6.27. The maximum absolute atomic E-state index is 12.3. The number of aromatic nitrogens is 1. The van der Waals surface area contributed by atoms with Gasteiger partial charge in [-0.05, 0) is 12.1 Å². The number of nitrogens with one attached hydrogen (secondary N) is 1. The molecule has 1 heterocycles. The van der Waals surface area contributed by atoms with Crippen LogP contribution in [-0.2, 0) is 11.8 Å². The van der Waals surface area contributed by atoms with Crippen molar-refractivity contribution in [2.45, 2.75) is 0 Å². The highest BCUT2D eigenvalue weighted by Crippen LogP contribution is 2.31. The molecule has 0 aliphatic rings. The van der Waals surface area contributed by atoms with Crippen LogP contribution in [0.2, 0.25) is 0 Å². The van der Waals surface area contributed by atoms with E-state index in [-0.39, 0.29) is 5.39 Å². The van der Waals surface area contributed by atoms with Gasteiger partial charge in [0.25, 0.3) is 11.5 Å². The minimum absolute atomic E-state index is 0.252. The van der Waals surface area contributed by atoms with Crippen molar-refractivity contribution in [2.24, 2.45) is 7.05 Å². The van der Waals surface area contributed by atoms with Crippen LogP contribution in [0.5, 0.6) is 11.5 Å². The van der Waals surface area contributed by atoms with E-state index in [0.29, 0.717) is 11.3 Å². The zero-order valence-corrected chi connectivity index (χ0v) is 11.9. The third-order valence-electron chi connectivity index (χ3n) is 3.19. The molecule has 0 saturated heterocycles. The Morgan fingerprint density at radius 3 is 2.64 bits per heavy atom. The first kappa shape index (κ1) is 15.4. The number of ether oxygens (including phenoxy) is 1. The average molecular weight is 306 g/mol. The number of aryl methyl sites for hydroxylation is 1. The summed E-state index contributed by atoms with van der Waals surface area (Å²) in [5.41, 5.74) is -0.927. The van der Waals surface area contributed by atoms with Crippen LogP contribution in [0.25, 0.3) is 10.9 Å². The molecule has 0 unspecified atom stereocenters. The number of hydrogen-bond acceptors (Lipinski definition) is 5. The maximum atomic E-state index is 12.3. The molecule has 116 valence electrons. The zero-order valence-electron chi connectivity index (χ0n) is 11.9. The fraction of sp³-hybridized carbons (Fsp3) is 0.214. The van der Waals surface area contributed by atoms with E-state index >= 15 is 0 Å². The molecular weight excluding hydrogens is 292 g/mol. The largest absolute Gasteiger partial charge is 0.506 e. The van der Waals surface area contributed by atoms with Gasteiger partial charge in [0.1, 0.15) is 23.6 Å². The van der Waals surface area contributed by atoms with Crippen molar-refractivity contribution in [1.29, 1.82) is 0 Å². The number of pyridine rings is 1. The van der Waals surface area contributed by atoms with E-state index in [1.165, 1.54) is 24.8 Å². The molecule has 0 fully saturated rings. The summed E-state index contributed by atoms with van der Waals surface area (Å²) in [7, 11) is 2.85. The van der Waals surface area contributed by atoms with Gasteiger partial charge in [-0.25, -0.2) is 0 Å². The van der Waals surface area contributed by atoms with Gasteiger partial charge in [0.05, 0.1) is 12.6 Å². The lowest BCUT2D eigenvalue weighted by Gasteiger charge is -2.13. The van der Waals surface area contributed by atoms with Gasteiger partial charge < -0.3 is 24.8 Å². The van der Waals surface area contributed by atoms with Gasteiger partial charge in [-0.15, -0.1) is 0 Å². The molecular formula is C14H14N2O6. The number of fused-ring (bicyclic) bond motifs is 1. The monoisotopic (exact) mass is 306 g/mol. The molecule has 1 amide bonds. The number of methoxy groups -OCH3 is 1. The number of carboxylic acids is 1. The molecule has 8 heteroatoms. The number of carbonyl (C=O) groups is 2. The summed E-state index contributed by atoms with van der Waals surface area (Å²) < 4.78 is 6.32. The average Bonchev–Trinajstić information content (AvgIpc) is 2.50. The molecule has 0 bridgehead atoms. The summed E-state index contributed by atoms with van der Waals surface area (Å²) in [5.74, 6) is -2.36. The topological polar surface area (TPSA) is 118 Å². The molecule has 0 radical (unpaired) electrons. The van der Waals surface area contributed by atoms with Crippen LogP contribution in [-0.4, -0.2) is 40.3 Å². The molecule has 0 spiro atoms. The van der Waals surface area contributed by atoms with E-state index in [0.717, 1.165) is 0 Å². The van der Waals surface area contributed by atoms with Crippen LogP contribution in [0.1, 0.15) is 10.4 Å². The van der Waals surface area contributed by atoms with E-state index < -0.39 is 35.3 Å². The third-order valence-corrected chi connectivity index (χ3v) is 3.19. The lowest BCUT2D eigenvalue weighted by Crippen LogP contribution is -2.35. The van der Waals surface area contributed by atoms with Gasteiger partial charge in [0.2, 0.25) is 0 Å². The molecule has 1 aromatic carbocycles. The second-order valence-corrected chi connectivity index (χ2v) is 4.52.